The Labute approximate surface area is 241 Å². The third-order valence-corrected chi connectivity index (χ3v) is 7.78. The van der Waals surface area contributed by atoms with Gasteiger partial charge in [0.1, 0.15) is 11.6 Å². The Hall–Kier alpha value is -4.84. The van der Waals surface area contributed by atoms with Crippen molar-refractivity contribution in [3.63, 3.8) is 0 Å². The van der Waals surface area contributed by atoms with Gasteiger partial charge < -0.3 is 19.9 Å². The number of hydrogen-bond acceptors (Lipinski definition) is 5. The molecule has 0 bridgehead atoms. The molecule has 0 radical (unpaired) electrons. The SMILES string of the molecule is COc1ccc(N2CCN(c3cc(C(=O)NC(Cc4ccccc4)c4ccccc4)c4ccccc4n3)CC2)cc1. The van der Waals surface area contributed by atoms with Crippen molar-refractivity contribution in [3.05, 3.63) is 132 Å². The predicted octanol–water partition coefficient (Wildman–Crippen LogP) is 6.28. The molecule has 41 heavy (non-hydrogen) atoms. The summed E-state index contributed by atoms with van der Waals surface area (Å²) >= 11 is 0. The predicted molar refractivity (Wildman–Crippen MR) is 166 cm³/mol. The van der Waals surface area contributed by atoms with Gasteiger partial charge >= 0.3 is 0 Å². The lowest BCUT2D eigenvalue weighted by atomic mass is 9.98. The molecular weight excluding hydrogens is 508 g/mol. The molecule has 5 aromatic rings. The van der Waals surface area contributed by atoms with Crippen LogP contribution in [-0.4, -0.2) is 44.2 Å². The van der Waals surface area contributed by atoms with Crippen LogP contribution in [0.5, 0.6) is 5.75 Å². The van der Waals surface area contributed by atoms with Crippen LogP contribution in [0, 0.1) is 0 Å². The van der Waals surface area contributed by atoms with Gasteiger partial charge in [-0.1, -0.05) is 78.9 Å². The highest BCUT2D eigenvalue weighted by Gasteiger charge is 2.23. The van der Waals surface area contributed by atoms with Crippen LogP contribution in [0.15, 0.2) is 115 Å². The summed E-state index contributed by atoms with van der Waals surface area (Å²) in [6, 6.07) is 38.4. The molecule has 1 atom stereocenters. The van der Waals surface area contributed by atoms with Crippen LogP contribution in [0.1, 0.15) is 27.5 Å². The lowest BCUT2D eigenvalue weighted by molar-refractivity contribution is 0.0938. The second kappa shape index (κ2) is 12.1. The fraction of sp³-hybridized carbons (Fsp3) is 0.200. The smallest absolute Gasteiger partial charge is 0.252 e. The zero-order valence-corrected chi connectivity index (χ0v) is 23.2. The average molecular weight is 543 g/mol. The molecule has 1 aliphatic heterocycles. The first-order chi connectivity index (χ1) is 20.2. The molecule has 1 unspecified atom stereocenters. The third kappa shape index (κ3) is 6.02. The highest BCUT2D eigenvalue weighted by Crippen LogP contribution is 2.27. The number of pyridine rings is 1. The van der Waals surface area contributed by atoms with E-state index in [9.17, 15) is 4.79 Å². The number of aromatic nitrogens is 1. The van der Waals surface area contributed by atoms with E-state index in [1.165, 1.54) is 11.3 Å². The zero-order valence-electron chi connectivity index (χ0n) is 23.2. The molecule has 1 saturated heterocycles. The number of piperazine rings is 1. The number of anilines is 2. The zero-order chi connectivity index (χ0) is 28.0. The lowest BCUT2D eigenvalue weighted by Gasteiger charge is -2.37. The van der Waals surface area contributed by atoms with Gasteiger partial charge in [0.2, 0.25) is 0 Å². The van der Waals surface area contributed by atoms with Gasteiger partial charge in [-0.15, -0.1) is 0 Å². The van der Waals surface area contributed by atoms with Crippen LogP contribution in [0.25, 0.3) is 10.9 Å². The first kappa shape index (κ1) is 26.4. The molecule has 0 aliphatic carbocycles. The number of nitrogens with one attached hydrogen (secondary N) is 1. The summed E-state index contributed by atoms with van der Waals surface area (Å²) < 4.78 is 5.31. The summed E-state index contributed by atoms with van der Waals surface area (Å²) in [6.07, 6.45) is 0.708. The fourth-order valence-electron chi connectivity index (χ4n) is 5.52. The number of rotatable bonds is 8. The van der Waals surface area contributed by atoms with Crippen molar-refractivity contribution in [2.24, 2.45) is 0 Å². The van der Waals surface area contributed by atoms with Gasteiger partial charge in [-0.2, -0.15) is 0 Å². The minimum absolute atomic E-state index is 0.0912. The van der Waals surface area contributed by atoms with Gasteiger partial charge in [0.15, 0.2) is 0 Å². The second-order valence-corrected chi connectivity index (χ2v) is 10.3. The van der Waals surface area contributed by atoms with Crippen LogP contribution in [0.2, 0.25) is 0 Å². The maximum absolute atomic E-state index is 14.0. The third-order valence-electron chi connectivity index (χ3n) is 7.78. The summed E-state index contributed by atoms with van der Waals surface area (Å²) in [5.74, 6) is 1.60. The van der Waals surface area contributed by atoms with Gasteiger partial charge in [0.05, 0.1) is 24.2 Å². The maximum Gasteiger partial charge on any atom is 0.252 e. The topological polar surface area (TPSA) is 57.7 Å². The largest absolute Gasteiger partial charge is 0.497 e. The summed E-state index contributed by atoms with van der Waals surface area (Å²) in [6.45, 7) is 3.38. The van der Waals surface area contributed by atoms with E-state index in [0.717, 1.165) is 54.2 Å². The number of hydrogen-bond donors (Lipinski definition) is 1. The first-order valence-corrected chi connectivity index (χ1v) is 14.1. The van der Waals surface area contributed by atoms with Gasteiger partial charge in [-0.05, 0) is 53.9 Å². The first-order valence-electron chi connectivity index (χ1n) is 14.1. The molecule has 1 fully saturated rings. The Morgan fingerprint density at radius 2 is 1.44 bits per heavy atom. The number of carbonyl (C=O) groups excluding carboxylic acids is 1. The van der Waals surface area contributed by atoms with E-state index in [1.807, 2.05) is 78.9 Å². The number of nitrogens with zero attached hydrogens (tertiary/aromatic N) is 3. The van der Waals surface area contributed by atoms with Crippen LogP contribution >= 0.6 is 0 Å². The van der Waals surface area contributed by atoms with E-state index >= 15 is 0 Å². The summed E-state index contributed by atoms with van der Waals surface area (Å²) in [5, 5.41) is 4.21. The number of fused-ring (bicyclic) bond motifs is 1. The van der Waals surface area contributed by atoms with Crippen LogP contribution in [0.4, 0.5) is 11.5 Å². The number of carbonyl (C=O) groups is 1. The molecule has 6 rings (SSSR count). The Balaban J connectivity index is 1.25. The van der Waals surface area contributed by atoms with Crippen molar-refractivity contribution in [1.29, 1.82) is 0 Å². The Kier molecular flexibility index (Phi) is 7.81. The molecule has 0 saturated carbocycles. The minimum Gasteiger partial charge on any atom is -0.497 e. The van der Waals surface area contributed by atoms with Crippen LogP contribution in [-0.2, 0) is 6.42 Å². The van der Waals surface area contributed by atoms with E-state index in [1.54, 1.807) is 7.11 Å². The quantitative estimate of drug-likeness (QED) is 0.250. The van der Waals surface area contributed by atoms with Crippen LogP contribution in [0.3, 0.4) is 0 Å². The minimum atomic E-state index is -0.158. The molecule has 6 nitrogen and oxygen atoms in total. The Bertz CT molecular complexity index is 1600. The molecule has 0 spiro atoms. The molecule has 2 heterocycles. The molecule has 206 valence electrons. The monoisotopic (exact) mass is 542 g/mol. The molecule has 1 aliphatic rings. The van der Waals surface area contributed by atoms with E-state index in [4.69, 9.17) is 9.72 Å². The normalized spacial score (nSPS) is 14.1. The van der Waals surface area contributed by atoms with Crippen LogP contribution < -0.4 is 19.9 Å². The van der Waals surface area contributed by atoms with Crippen molar-refractivity contribution in [1.82, 2.24) is 10.3 Å². The Morgan fingerprint density at radius 1 is 0.805 bits per heavy atom. The van der Waals surface area contributed by atoms with Crippen molar-refractivity contribution >= 4 is 28.3 Å². The average Bonchev–Trinajstić information content (AvgIpc) is 3.05. The number of amides is 1. The number of para-hydroxylation sites is 1. The molecule has 1 aromatic heterocycles. The van der Waals surface area contributed by atoms with Gasteiger partial charge in [0.25, 0.3) is 5.91 Å². The Morgan fingerprint density at radius 3 is 2.15 bits per heavy atom. The summed E-state index contributed by atoms with van der Waals surface area (Å²) in [5.41, 5.74) is 4.92. The highest BCUT2D eigenvalue weighted by molar-refractivity contribution is 6.07. The number of benzene rings is 4. The second-order valence-electron chi connectivity index (χ2n) is 10.3. The molecular formula is C35H34N4O2. The van der Waals surface area contributed by atoms with Gasteiger partial charge in [-0.25, -0.2) is 4.98 Å². The number of methoxy groups -OCH3 is 1. The summed E-state index contributed by atoms with van der Waals surface area (Å²) in [4.78, 5) is 23.6. The lowest BCUT2D eigenvalue weighted by Crippen LogP contribution is -2.47. The standard InChI is InChI=1S/C35H34N4O2/c1-41-29-18-16-28(17-19-29)38-20-22-39(23-21-38)34-25-31(30-14-8-9-15-32(30)36-34)35(40)37-33(27-12-6-3-7-13-27)24-26-10-4-2-5-11-26/h2-19,25,33H,20-24H2,1H3,(H,37,40). The fourth-order valence-corrected chi connectivity index (χ4v) is 5.52. The van der Waals surface area contributed by atoms with Gasteiger partial charge in [-0.3, -0.25) is 4.79 Å². The van der Waals surface area contributed by atoms with Crippen molar-refractivity contribution < 1.29 is 9.53 Å². The van der Waals surface area contributed by atoms with E-state index < -0.39 is 0 Å². The van der Waals surface area contributed by atoms with E-state index in [-0.39, 0.29) is 11.9 Å². The molecule has 1 N–H and O–H groups in total. The molecule has 6 heteroatoms. The number of ether oxygens (including phenoxy) is 1. The van der Waals surface area contributed by atoms with E-state index in [0.29, 0.717) is 12.0 Å². The van der Waals surface area contributed by atoms with Crippen molar-refractivity contribution in [3.8, 4) is 5.75 Å². The van der Waals surface area contributed by atoms with E-state index in [2.05, 4.69) is 51.5 Å². The van der Waals surface area contributed by atoms with Gasteiger partial charge in [0, 0.05) is 37.3 Å². The highest BCUT2D eigenvalue weighted by atomic mass is 16.5. The molecule has 1 amide bonds. The van der Waals surface area contributed by atoms with Crippen molar-refractivity contribution in [2.75, 3.05) is 43.1 Å². The maximum atomic E-state index is 14.0. The summed E-state index contributed by atoms with van der Waals surface area (Å²) in [7, 11) is 1.68. The van der Waals surface area contributed by atoms with Crippen molar-refractivity contribution in [2.45, 2.75) is 12.5 Å². The molecule has 4 aromatic carbocycles.